The van der Waals surface area contributed by atoms with Crippen LogP contribution in [0.15, 0.2) is 33.9 Å². The van der Waals surface area contributed by atoms with Crippen molar-refractivity contribution in [2.24, 2.45) is 13.0 Å². The standard InChI is InChI=1S/C23H31N5O3/c1-15(2)13-28-20-19(21(29)26(3)23(28)30)27(14-16-9-11-18(31-4)12-10-16)22(25-20)24-17-7-5-6-8-17/h9-12,15,17H,5-8,13-14H2,1-4H3,(H,24,25). The van der Waals surface area contributed by atoms with Gasteiger partial charge in [-0.3, -0.25) is 18.5 Å². The van der Waals surface area contributed by atoms with Crippen LogP contribution >= 0.6 is 0 Å². The van der Waals surface area contributed by atoms with Crippen molar-refractivity contribution in [3.05, 3.63) is 50.7 Å². The van der Waals surface area contributed by atoms with Crippen molar-refractivity contribution in [3.8, 4) is 5.75 Å². The van der Waals surface area contributed by atoms with Gasteiger partial charge in [-0.15, -0.1) is 0 Å². The predicted octanol–water partition coefficient (Wildman–Crippen LogP) is 2.96. The summed E-state index contributed by atoms with van der Waals surface area (Å²) in [6, 6.07) is 8.12. The van der Waals surface area contributed by atoms with Crippen LogP contribution in [0.25, 0.3) is 11.2 Å². The van der Waals surface area contributed by atoms with Gasteiger partial charge in [0.2, 0.25) is 5.95 Å². The number of benzene rings is 1. The van der Waals surface area contributed by atoms with Crippen LogP contribution < -0.4 is 21.3 Å². The van der Waals surface area contributed by atoms with Crippen LogP contribution in [0.1, 0.15) is 45.1 Å². The van der Waals surface area contributed by atoms with Crippen LogP contribution in [0.5, 0.6) is 5.75 Å². The van der Waals surface area contributed by atoms with E-state index in [2.05, 4.69) is 19.2 Å². The van der Waals surface area contributed by atoms with Gasteiger partial charge < -0.3 is 10.1 Å². The minimum Gasteiger partial charge on any atom is -0.497 e. The first-order chi connectivity index (χ1) is 14.9. The van der Waals surface area contributed by atoms with Crippen molar-refractivity contribution in [2.75, 3.05) is 12.4 Å². The fourth-order valence-corrected chi connectivity index (χ4v) is 4.32. The van der Waals surface area contributed by atoms with Crippen molar-refractivity contribution >= 4 is 17.1 Å². The van der Waals surface area contributed by atoms with E-state index in [4.69, 9.17) is 9.72 Å². The third-order valence-electron chi connectivity index (χ3n) is 5.97. The van der Waals surface area contributed by atoms with Gasteiger partial charge in [-0.25, -0.2) is 4.79 Å². The summed E-state index contributed by atoms with van der Waals surface area (Å²) in [5.74, 6) is 1.68. The molecular weight excluding hydrogens is 394 g/mol. The number of aromatic nitrogens is 4. The first-order valence-corrected chi connectivity index (χ1v) is 11.0. The van der Waals surface area contributed by atoms with Crippen molar-refractivity contribution in [2.45, 2.75) is 58.7 Å². The summed E-state index contributed by atoms with van der Waals surface area (Å²) in [6.07, 6.45) is 4.55. The van der Waals surface area contributed by atoms with E-state index in [9.17, 15) is 9.59 Å². The molecule has 2 heterocycles. The highest BCUT2D eigenvalue weighted by molar-refractivity contribution is 5.74. The number of fused-ring (bicyclic) bond motifs is 1. The van der Waals surface area contributed by atoms with Gasteiger partial charge in [-0.2, -0.15) is 4.98 Å². The molecule has 0 saturated heterocycles. The number of nitrogens with zero attached hydrogens (tertiary/aromatic N) is 4. The first-order valence-electron chi connectivity index (χ1n) is 11.0. The maximum Gasteiger partial charge on any atom is 0.332 e. The summed E-state index contributed by atoms with van der Waals surface area (Å²) in [5.41, 5.74) is 1.29. The number of imidazole rings is 1. The van der Waals surface area contributed by atoms with E-state index in [1.54, 1.807) is 11.7 Å². The van der Waals surface area contributed by atoms with Gasteiger partial charge in [0.05, 0.1) is 13.7 Å². The summed E-state index contributed by atoms with van der Waals surface area (Å²) < 4.78 is 10.0. The molecule has 1 aliphatic carbocycles. The summed E-state index contributed by atoms with van der Waals surface area (Å²) in [6.45, 7) is 5.08. The molecule has 3 aromatic rings. The second-order valence-electron chi connectivity index (χ2n) is 8.82. The molecule has 0 bridgehead atoms. The Morgan fingerprint density at radius 3 is 2.42 bits per heavy atom. The van der Waals surface area contributed by atoms with E-state index >= 15 is 0 Å². The Hall–Kier alpha value is -3.03. The van der Waals surface area contributed by atoms with E-state index in [0.717, 1.165) is 24.2 Å². The molecule has 0 amide bonds. The quantitative estimate of drug-likeness (QED) is 0.629. The lowest BCUT2D eigenvalue weighted by molar-refractivity contribution is 0.414. The Morgan fingerprint density at radius 1 is 1.13 bits per heavy atom. The number of ether oxygens (including phenoxy) is 1. The Bertz CT molecular complexity index is 1180. The summed E-state index contributed by atoms with van der Waals surface area (Å²) in [4.78, 5) is 30.9. The van der Waals surface area contributed by atoms with Crippen molar-refractivity contribution in [1.82, 2.24) is 18.7 Å². The van der Waals surface area contributed by atoms with Gasteiger partial charge in [0.15, 0.2) is 11.2 Å². The number of rotatable bonds is 7. The Balaban J connectivity index is 1.89. The number of anilines is 1. The van der Waals surface area contributed by atoms with Gasteiger partial charge >= 0.3 is 5.69 Å². The van der Waals surface area contributed by atoms with E-state index < -0.39 is 0 Å². The minimum absolute atomic E-state index is 0.247. The lowest BCUT2D eigenvalue weighted by Crippen LogP contribution is -2.39. The molecule has 0 unspecified atom stereocenters. The Kier molecular flexibility index (Phi) is 5.89. The molecule has 0 radical (unpaired) electrons. The number of methoxy groups -OCH3 is 1. The molecule has 31 heavy (non-hydrogen) atoms. The molecule has 2 aromatic heterocycles. The molecule has 0 spiro atoms. The van der Waals surface area contributed by atoms with Crippen LogP contribution in [0, 0.1) is 5.92 Å². The molecule has 1 saturated carbocycles. The highest BCUT2D eigenvalue weighted by Crippen LogP contribution is 2.25. The molecule has 166 valence electrons. The zero-order valence-electron chi connectivity index (χ0n) is 18.7. The van der Waals surface area contributed by atoms with Gasteiger partial charge in [-0.05, 0) is 36.5 Å². The third kappa shape index (κ3) is 4.11. The summed E-state index contributed by atoms with van der Waals surface area (Å²) in [5, 5.41) is 3.55. The lowest BCUT2D eigenvalue weighted by Gasteiger charge is -2.15. The summed E-state index contributed by atoms with van der Waals surface area (Å²) in [7, 11) is 3.18. The van der Waals surface area contributed by atoms with Gasteiger partial charge in [0.1, 0.15) is 5.75 Å². The van der Waals surface area contributed by atoms with Crippen LogP contribution in [0.2, 0.25) is 0 Å². The van der Waals surface area contributed by atoms with Crippen LogP contribution in [0.3, 0.4) is 0 Å². The zero-order valence-corrected chi connectivity index (χ0v) is 18.7. The Labute approximate surface area is 181 Å². The summed E-state index contributed by atoms with van der Waals surface area (Å²) >= 11 is 0. The average molecular weight is 426 g/mol. The lowest BCUT2D eigenvalue weighted by atomic mass is 10.2. The van der Waals surface area contributed by atoms with Crippen molar-refractivity contribution < 1.29 is 4.74 Å². The molecule has 0 aliphatic heterocycles. The molecule has 4 rings (SSSR count). The second kappa shape index (κ2) is 8.61. The number of hydrogen-bond acceptors (Lipinski definition) is 5. The van der Waals surface area contributed by atoms with Crippen LogP contribution in [-0.2, 0) is 20.1 Å². The van der Waals surface area contributed by atoms with Crippen LogP contribution in [0.4, 0.5) is 5.95 Å². The van der Waals surface area contributed by atoms with Crippen LogP contribution in [-0.4, -0.2) is 31.8 Å². The normalized spacial score (nSPS) is 14.6. The van der Waals surface area contributed by atoms with Gasteiger partial charge in [0, 0.05) is 19.6 Å². The highest BCUT2D eigenvalue weighted by atomic mass is 16.5. The van der Waals surface area contributed by atoms with E-state index in [0.29, 0.717) is 36.2 Å². The maximum absolute atomic E-state index is 13.2. The molecule has 0 atom stereocenters. The monoisotopic (exact) mass is 425 g/mol. The third-order valence-corrected chi connectivity index (χ3v) is 5.97. The van der Waals surface area contributed by atoms with E-state index in [1.807, 2.05) is 28.8 Å². The minimum atomic E-state index is -0.326. The number of nitrogens with one attached hydrogen (secondary N) is 1. The first kappa shape index (κ1) is 21.2. The molecule has 8 heteroatoms. The SMILES string of the molecule is COc1ccc(Cn2c(NC3CCCC3)nc3c2c(=O)n(C)c(=O)n3CC(C)C)cc1. The average Bonchev–Trinajstić information content (AvgIpc) is 3.39. The molecule has 8 nitrogen and oxygen atoms in total. The molecular formula is C23H31N5O3. The smallest absolute Gasteiger partial charge is 0.332 e. The fraction of sp³-hybridized carbons (Fsp3) is 0.522. The van der Waals surface area contributed by atoms with E-state index in [-0.39, 0.29) is 17.2 Å². The Morgan fingerprint density at radius 2 is 1.81 bits per heavy atom. The highest BCUT2D eigenvalue weighted by Gasteiger charge is 2.24. The largest absolute Gasteiger partial charge is 0.497 e. The zero-order chi connectivity index (χ0) is 22.1. The molecule has 1 aliphatic rings. The van der Waals surface area contributed by atoms with Gasteiger partial charge in [-0.1, -0.05) is 38.8 Å². The second-order valence-corrected chi connectivity index (χ2v) is 8.82. The molecule has 1 N–H and O–H groups in total. The van der Waals surface area contributed by atoms with Crippen molar-refractivity contribution in [3.63, 3.8) is 0 Å². The van der Waals surface area contributed by atoms with Gasteiger partial charge in [0.25, 0.3) is 5.56 Å². The maximum atomic E-state index is 13.2. The van der Waals surface area contributed by atoms with Crippen molar-refractivity contribution in [1.29, 1.82) is 0 Å². The fourth-order valence-electron chi connectivity index (χ4n) is 4.32. The topological polar surface area (TPSA) is 83.1 Å². The number of hydrogen-bond donors (Lipinski definition) is 1. The predicted molar refractivity (Wildman–Crippen MR) is 122 cm³/mol. The molecule has 1 aromatic carbocycles. The molecule has 1 fully saturated rings. The van der Waals surface area contributed by atoms with E-state index in [1.165, 1.54) is 24.5 Å².